The first-order valence-corrected chi connectivity index (χ1v) is 8.53. The maximum atomic E-state index is 13.4. The van der Waals surface area contributed by atoms with Gasteiger partial charge in [0.15, 0.2) is 0 Å². The number of nitrogens with one attached hydrogen (secondary N) is 2. The van der Waals surface area contributed by atoms with E-state index in [4.69, 9.17) is 5.26 Å². The van der Waals surface area contributed by atoms with Gasteiger partial charge in [0, 0.05) is 23.7 Å². The average molecular weight is 411 g/mol. The lowest BCUT2D eigenvalue weighted by molar-refractivity contribution is -0.137. The maximum absolute atomic E-state index is 13.4. The Hall–Kier alpha value is -4.20. The summed E-state index contributed by atoms with van der Waals surface area (Å²) in [6.45, 7) is 0. The fraction of sp³-hybridized carbons (Fsp3) is 0.105. The van der Waals surface area contributed by atoms with Gasteiger partial charge in [0.05, 0.1) is 17.2 Å². The summed E-state index contributed by atoms with van der Waals surface area (Å²) in [5, 5.41) is 16.0. The number of nitriles is 1. The van der Waals surface area contributed by atoms with Crippen molar-refractivity contribution in [2.45, 2.75) is 6.18 Å². The highest BCUT2D eigenvalue weighted by Crippen LogP contribution is 2.38. The minimum absolute atomic E-state index is 0.0761. The number of carbonyl (C=O) groups excluding carboxylic acids is 1. The van der Waals surface area contributed by atoms with Crippen molar-refractivity contribution in [2.24, 2.45) is 7.05 Å². The number of aromatic nitrogens is 5. The van der Waals surface area contributed by atoms with E-state index in [1.807, 2.05) is 6.07 Å². The second-order valence-corrected chi connectivity index (χ2v) is 6.35. The highest BCUT2D eigenvalue weighted by atomic mass is 19.4. The van der Waals surface area contributed by atoms with E-state index in [2.05, 4.69) is 25.4 Å². The Morgan fingerprint density at radius 1 is 1.23 bits per heavy atom. The van der Waals surface area contributed by atoms with Gasteiger partial charge in [-0.25, -0.2) is 14.6 Å². The van der Waals surface area contributed by atoms with Crippen LogP contribution in [-0.4, -0.2) is 30.6 Å². The summed E-state index contributed by atoms with van der Waals surface area (Å²) < 4.78 is 41.6. The molecule has 8 nitrogen and oxygen atoms in total. The molecule has 4 rings (SSSR count). The fourth-order valence-electron chi connectivity index (χ4n) is 2.98. The van der Waals surface area contributed by atoms with Crippen LogP contribution in [0.15, 0.2) is 42.7 Å². The van der Waals surface area contributed by atoms with Crippen molar-refractivity contribution in [1.29, 1.82) is 5.26 Å². The standard InChI is InChI=1S/C19H12F3N7O/c1-29-17(24-9-25-29)18(30)28-15-5-3-11-7-14(26-16(11)27-15)12-6-10(8-23)2-4-13(12)19(20,21)22/h2-7,9H,1H3,(H2,26,27,28,30). The summed E-state index contributed by atoms with van der Waals surface area (Å²) in [7, 11) is 1.56. The molecule has 1 amide bonds. The van der Waals surface area contributed by atoms with Gasteiger partial charge in [0.2, 0.25) is 5.82 Å². The molecule has 2 N–H and O–H groups in total. The van der Waals surface area contributed by atoms with E-state index in [-0.39, 0.29) is 34.1 Å². The van der Waals surface area contributed by atoms with Gasteiger partial charge in [-0.3, -0.25) is 4.79 Å². The van der Waals surface area contributed by atoms with Crippen molar-refractivity contribution in [3.05, 3.63) is 59.7 Å². The molecule has 11 heteroatoms. The van der Waals surface area contributed by atoms with Crippen molar-refractivity contribution in [2.75, 3.05) is 5.32 Å². The number of alkyl halides is 3. The zero-order chi connectivity index (χ0) is 21.5. The van der Waals surface area contributed by atoms with Gasteiger partial charge >= 0.3 is 6.18 Å². The second-order valence-electron chi connectivity index (χ2n) is 6.35. The average Bonchev–Trinajstić information content (AvgIpc) is 3.32. The number of aryl methyl sites for hydroxylation is 1. The molecule has 0 fully saturated rings. The molecule has 0 saturated carbocycles. The summed E-state index contributed by atoms with van der Waals surface area (Å²) in [6.07, 6.45) is -3.36. The Morgan fingerprint density at radius 3 is 2.70 bits per heavy atom. The molecule has 0 spiro atoms. The van der Waals surface area contributed by atoms with Crippen LogP contribution in [-0.2, 0) is 13.2 Å². The Labute approximate surface area is 167 Å². The molecular formula is C19H12F3N7O. The van der Waals surface area contributed by atoms with E-state index >= 15 is 0 Å². The fourth-order valence-corrected chi connectivity index (χ4v) is 2.98. The van der Waals surface area contributed by atoms with Crippen molar-refractivity contribution in [3.8, 4) is 17.3 Å². The molecule has 0 aliphatic rings. The van der Waals surface area contributed by atoms with Crippen LogP contribution in [0.5, 0.6) is 0 Å². The van der Waals surface area contributed by atoms with E-state index in [0.29, 0.717) is 5.39 Å². The van der Waals surface area contributed by atoms with Crippen molar-refractivity contribution < 1.29 is 18.0 Å². The number of pyridine rings is 1. The van der Waals surface area contributed by atoms with Gasteiger partial charge < -0.3 is 10.3 Å². The number of H-pyrrole nitrogens is 1. The summed E-state index contributed by atoms with van der Waals surface area (Å²) in [5.41, 5.74) is -0.510. The van der Waals surface area contributed by atoms with E-state index in [1.165, 1.54) is 29.2 Å². The first-order chi connectivity index (χ1) is 14.3. The number of benzene rings is 1. The third-order valence-corrected chi connectivity index (χ3v) is 4.38. The van der Waals surface area contributed by atoms with E-state index in [9.17, 15) is 18.0 Å². The monoisotopic (exact) mass is 411 g/mol. The zero-order valence-corrected chi connectivity index (χ0v) is 15.3. The minimum atomic E-state index is -4.59. The third kappa shape index (κ3) is 3.46. The van der Waals surface area contributed by atoms with Gasteiger partial charge in [0.25, 0.3) is 5.91 Å². The first-order valence-electron chi connectivity index (χ1n) is 8.53. The van der Waals surface area contributed by atoms with Crippen LogP contribution in [0.1, 0.15) is 21.7 Å². The number of hydrogen-bond donors (Lipinski definition) is 2. The Bertz CT molecular complexity index is 1310. The van der Waals surface area contributed by atoms with Gasteiger partial charge in [-0.05, 0) is 36.4 Å². The highest BCUT2D eigenvalue weighted by Gasteiger charge is 2.34. The molecule has 0 aliphatic carbocycles. The van der Waals surface area contributed by atoms with Crippen LogP contribution >= 0.6 is 0 Å². The molecule has 0 bridgehead atoms. The van der Waals surface area contributed by atoms with Crippen LogP contribution in [0.3, 0.4) is 0 Å². The molecule has 1 aromatic carbocycles. The third-order valence-electron chi connectivity index (χ3n) is 4.38. The quantitative estimate of drug-likeness (QED) is 0.536. The number of fused-ring (bicyclic) bond motifs is 1. The predicted molar refractivity (Wildman–Crippen MR) is 100 cm³/mol. The van der Waals surface area contributed by atoms with Crippen LogP contribution in [0, 0.1) is 11.3 Å². The van der Waals surface area contributed by atoms with E-state index in [0.717, 1.165) is 12.1 Å². The van der Waals surface area contributed by atoms with Gasteiger partial charge in [0.1, 0.15) is 17.8 Å². The molecule has 4 aromatic rings. The van der Waals surface area contributed by atoms with Gasteiger partial charge in [-0.1, -0.05) is 0 Å². The lowest BCUT2D eigenvalue weighted by Gasteiger charge is -2.12. The molecule has 0 radical (unpaired) electrons. The minimum Gasteiger partial charge on any atom is -0.339 e. The van der Waals surface area contributed by atoms with Crippen LogP contribution in [0.2, 0.25) is 0 Å². The molecule has 0 saturated heterocycles. The number of aromatic amines is 1. The van der Waals surface area contributed by atoms with Crippen LogP contribution in [0.4, 0.5) is 19.0 Å². The van der Waals surface area contributed by atoms with Crippen molar-refractivity contribution in [3.63, 3.8) is 0 Å². The number of rotatable bonds is 3. The summed E-state index contributed by atoms with van der Waals surface area (Å²) >= 11 is 0. The molecule has 150 valence electrons. The largest absolute Gasteiger partial charge is 0.417 e. The van der Waals surface area contributed by atoms with Gasteiger partial charge in [-0.2, -0.15) is 23.5 Å². The number of amides is 1. The lowest BCUT2D eigenvalue weighted by atomic mass is 10.0. The number of hydrogen-bond acceptors (Lipinski definition) is 5. The lowest BCUT2D eigenvalue weighted by Crippen LogP contribution is -2.18. The smallest absolute Gasteiger partial charge is 0.339 e. The summed E-state index contributed by atoms with van der Waals surface area (Å²) in [4.78, 5) is 23.2. The van der Waals surface area contributed by atoms with Gasteiger partial charge in [-0.15, -0.1) is 0 Å². The highest BCUT2D eigenvalue weighted by molar-refractivity contribution is 6.01. The molecule has 3 aromatic heterocycles. The Kier molecular flexibility index (Phi) is 4.46. The molecule has 30 heavy (non-hydrogen) atoms. The SMILES string of the molecule is Cn1ncnc1C(=O)Nc1ccc2cc(-c3cc(C#N)ccc3C(F)(F)F)[nH]c2n1. The maximum Gasteiger partial charge on any atom is 0.417 e. The van der Waals surface area contributed by atoms with Crippen LogP contribution < -0.4 is 5.32 Å². The van der Waals surface area contributed by atoms with Crippen molar-refractivity contribution in [1.82, 2.24) is 24.7 Å². The Morgan fingerprint density at radius 2 is 2.03 bits per heavy atom. The van der Waals surface area contributed by atoms with E-state index in [1.54, 1.807) is 13.1 Å². The second kappa shape index (κ2) is 7.00. The predicted octanol–water partition coefficient (Wildman–Crippen LogP) is 3.50. The Balaban J connectivity index is 1.73. The number of carbonyl (C=O) groups is 1. The van der Waals surface area contributed by atoms with E-state index < -0.39 is 17.6 Å². The molecule has 0 atom stereocenters. The zero-order valence-electron chi connectivity index (χ0n) is 15.3. The normalized spacial score (nSPS) is 11.4. The molecular weight excluding hydrogens is 399 g/mol. The molecule has 0 aliphatic heterocycles. The number of nitrogens with zero attached hydrogens (tertiary/aromatic N) is 5. The topological polar surface area (TPSA) is 112 Å². The number of halogens is 3. The molecule has 3 heterocycles. The molecule has 0 unspecified atom stereocenters. The first kappa shape index (κ1) is 19.1. The number of anilines is 1. The van der Waals surface area contributed by atoms with Crippen molar-refractivity contribution >= 4 is 22.8 Å². The van der Waals surface area contributed by atoms with Crippen LogP contribution in [0.25, 0.3) is 22.3 Å². The summed E-state index contributed by atoms with van der Waals surface area (Å²) in [5.74, 6) is -0.271. The summed E-state index contributed by atoms with van der Waals surface area (Å²) in [6, 6.07) is 9.63.